The van der Waals surface area contributed by atoms with Crippen LogP contribution in [0.5, 0.6) is 17.2 Å². The van der Waals surface area contributed by atoms with Crippen molar-refractivity contribution in [1.82, 2.24) is 10.3 Å². The third-order valence-electron chi connectivity index (χ3n) is 6.20. The quantitative estimate of drug-likeness (QED) is 0.321. The van der Waals surface area contributed by atoms with Crippen molar-refractivity contribution in [3.63, 3.8) is 0 Å². The van der Waals surface area contributed by atoms with Crippen molar-refractivity contribution in [2.24, 2.45) is 0 Å². The summed E-state index contributed by atoms with van der Waals surface area (Å²) in [7, 11) is 1.33. The maximum absolute atomic E-state index is 13.2. The van der Waals surface area contributed by atoms with Crippen LogP contribution in [0.3, 0.4) is 0 Å². The van der Waals surface area contributed by atoms with Crippen molar-refractivity contribution < 1.29 is 51.2 Å². The number of para-hydroxylation sites is 1. The molecule has 1 N–H and O–H groups in total. The van der Waals surface area contributed by atoms with Crippen LogP contribution in [0.15, 0.2) is 42.6 Å². The number of amides is 1. The van der Waals surface area contributed by atoms with E-state index >= 15 is 0 Å². The molecule has 1 saturated heterocycles. The Morgan fingerprint density at radius 1 is 1.15 bits per heavy atom. The first-order valence-electron chi connectivity index (χ1n) is 13.1. The van der Waals surface area contributed by atoms with Gasteiger partial charge in [0.05, 0.1) is 13.2 Å². The number of methoxy groups -OCH3 is 1. The lowest BCUT2D eigenvalue weighted by atomic mass is 10.0. The number of hydrogen-bond acceptors (Lipinski definition) is 9. The summed E-state index contributed by atoms with van der Waals surface area (Å²) in [6, 6.07) is 9.00. The van der Waals surface area contributed by atoms with Gasteiger partial charge in [0.2, 0.25) is 5.75 Å². The number of aromatic nitrogens is 1. The molecule has 2 aromatic rings. The molecule has 0 spiro atoms. The molecule has 2 heterocycles. The number of pyridine rings is 1. The van der Waals surface area contributed by atoms with Crippen molar-refractivity contribution in [3.05, 3.63) is 48.3 Å². The summed E-state index contributed by atoms with van der Waals surface area (Å²) < 4.78 is 65.9. The Bertz CT molecular complexity index is 1180. The van der Waals surface area contributed by atoms with Crippen LogP contribution in [-0.2, 0) is 19.1 Å². The molecule has 1 aromatic carbocycles. The molecule has 0 aliphatic carbocycles. The summed E-state index contributed by atoms with van der Waals surface area (Å²) in [5.41, 5.74) is -0.267. The largest absolute Gasteiger partial charge is 0.493 e. The van der Waals surface area contributed by atoms with Gasteiger partial charge in [-0.2, -0.15) is 13.2 Å². The zero-order valence-electron chi connectivity index (χ0n) is 22.9. The fourth-order valence-electron chi connectivity index (χ4n) is 4.31. The van der Waals surface area contributed by atoms with E-state index in [9.17, 15) is 27.6 Å². The van der Waals surface area contributed by atoms with Crippen molar-refractivity contribution in [3.8, 4) is 17.2 Å². The van der Waals surface area contributed by atoms with E-state index in [0.29, 0.717) is 18.6 Å². The van der Waals surface area contributed by atoms with E-state index in [0.717, 1.165) is 6.92 Å². The predicted molar refractivity (Wildman–Crippen MR) is 139 cm³/mol. The van der Waals surface area contributed by atoms with Gasteiger partial charge in [-0.05, 0) is 44.7 Å². The van der Waals surface area contributed by atoms with Crippen molar-refractivity contribution in [2.75, 3.05) is 13.7 Å². The normalized spacial score (nSPS) is 21.5. The zero-order chi connectivity index (χ0) is 30.0. The molecule has 3 rings (SSSR count). The molecule has 10 nitrogen and oxygen atoms in total. The molecule has 4 unspecified atom stereocenters. The van der Waals surface area contributed by atoms with E-state index in [2.05, 4.69) is 10.3 Å². The Kier molecular flexibility index (Phi) is 11.3. The minimum Gasteiger partial charge on any atom is -0.493 e. The third kappa shape index (κ3) is 9.62. The molecule has 1 fully saturated rings. The van der Waals surface area contributed by atoms with E-state index in [4.69, 9.17) is 23.7 Å². The lowest BCUT2D eigenvalue weighted by Crippen LogP contribution is -2.46. The van der Waals surface area contributed by atoms with Crippen LogP contribution in [0.2, 0.25) is 0 Å². The van der Waals surface area contributed by atoms with E-state index in [1.807, 2.05) is 0 Å². The van der Waals surface area contributed by atoms with Crippen LogP contribution < -0.4 is 19.5 Å². The minimum absolute atomic E-state index is 0.0948. The molecule has 1 aliphatic rings. The number of benzene rings is 1. The van der Waals surface area contributed by atoms with Crippen LogP contribution in [0.4, 0.5) is 13.2 Å². The Labute approximate surface area is 235 Å². The number of esters is 2. The highest BCUT2D eigenvalue weighted by atomic mass is 19.4. The molecule has 13 heteroatoms. The summed E-state index contributed by atoms with van der Waals surface area (Å²) in [5.74, 6) is -1.89. The second kappa shape index (κ2) is 14.7. The predicted octanol–water partition coefficient (Wildman–Crippen LogP) is 4.40. The second-order valence-corrected chi connectivity index (χ2v) is 9.41. The topological polar surface area (TPSA) is 122 Å². The molecule has 1 aliphatic heterocycles. The van der Waals surface area contributed by atoms with Crippen molar-refractivity contribution in [1.29, 1.82) is 0 Å². The highest BCUT2D eigenvalue weighted by molar-refractivity contribution is 5.98. The van der Waals surface area contributed by atoms with Crippen LogP contribution in [-0.4, -0.2) is 67.1 Å². The van der Waals surface area contributed by atoms with Gasteiger partial charge in [-0.25, -0.2) is 9.78 Å². The average molecular weight is 583 g/mol. The molecule has 0 bridgehead atoms. The van der Waals surface area contributed by atoms with E-state index in [-0.39, 0.29) is 36.6 Å². The second-order valence-electron chi connectivity index (χ2n) is 9.41. The van der Waals surface area contributed by atoms with Crippen LogP contribution in [0.1, 0.15) is 56.4 Å². The molecule has 224 valence electrons. The number of nitrogens with zero attached hydrogens (tertiary/aromatic N) is 1. The molecule has 0 radical (unpaired) electrons. The molecular weight excluding hydrogens is 549 g/mol. The van der Waals surface area contributed by atoms with Crippen LogP contribution in [0, 0.1) is 0 Å². The lowest BCUT2D eigenvalue weighted by Gasteiger charge is -2.31. The molecule has 4 atom stereocenters. The number of rotatable bonds is 10. The summed E-state index contributed by atoms with van der Waals surface area (Å²) >= 11 is 0. The number of halogens is 3. The monoisotopic (exact) mass is 582 g/mol. The maximum Gasteiger partial charge on any atom is 0.389 e. The lowest BCUT2D eigenvalue weighted by molar-refractivity contribution is -0.161. The Hall–Kier alpha value is -3.87. The summed E-state index contributed by atoms with van der Waals surface area (Å²) in [4.78, 5) is 41.9. The third-order valence-corrected chi connectivity index (χ3v) is 6.20. The summed E-state index contributed by atoms with van der Waals surface area (Å²) in [6.07, 6.45) is -5.88. The number of nitrogens with one attached hydrogen (secondary N) is 1. The Morgan fingerprint density at radius 3 is 2.54 bits per heavy atom. The molecular formula is C28H33F3N2O8. The minimum atomic E-state index is -4.30. The van der Waals surface area contributed by atoms with Gasteiger partial charge in [-0.15, -0.1) is 0 Å². The molecule has 41 heavy (non-hydrogen) atoms. The number of alkyl halides is 3. The first kappa shape index (κ1) is 31.7. The smallest absolute Gasteiger partial charge is 0.389 e. The number of carbonyl (C=O) groups is 3. The van der Waals surface area contributed by atoms with Gasteiger partial charge >= 0.3 is 18.1 Å². The van der Waals surface area contributed by atoms with E-state index < -0.39 is 54.8 Å². The van der Waals surface area contributed by atoms with Gasteiger partial charge in [0.1, 0.15) is 17.9 Å². The van der Waals surface area contributed by atoms with Gasteiger partial charge in [-0.1, -0.05) is 18.2 Å². The SMILES string of the molecule is COc1ccnc(C(=O)NC2CCCC(OCCCC(F)(F)F)C(Oc3ccccc3)C(C)OC2=O)c1OC(C)=O. The van der Waals surface area contributed by atoms with Crippen LogP contribution >= 0.6 is 0 Å². The average Bonchev–Trinajstić information content (AvgIpc) is 2.96. The van der Waals surface area contributed by atoms with Crippen LogP contribution in [0.25, 0.3) is 0 Å². The maximum atomic E-state index is 13.2. The number of ether oxygens (including phenoxy) is 5. The summed E-state index contributed by atoms with van der Waals surface area (Å²) in [5, 5.41) is 2.58. The standard InChI is InChI=1S/C28H33F3N2O8/c1-17-24(41-19-9-5-4-6-10-19)22(38-16-8-14-28(29,30)31)12-7-11-20(27(36)39-17)33-26(35)23-25(40-18(2)34)21(37-3)13-15-32-23/h4-6,9-10,13,15,17,20,22,24H,7-8,11-12,14,16H2,1-3H3,(H,33,35). The van der Waals surface area contributed by atoms with E-state index in [1.54, 1.807) is 37.3 Å². The fraction of sp³-hybridized carbons (Fsp3) is 0.500. The molecule has 1 amide bonds. The first-order valence-corrected chi connectivity index (χ1v) is 13.1. The highest BCUT2D eigenvalue weighted by Crippen LogP contribution is 2.30. The van der Waals surface area contributed by atoms with Crippen molar-refractivity contribution in [2.45, 2.75) is 76.5 Å². The number of hydrogen-bond donors (Lipinski definition) is 1. The van der Waals surface area contributed by atoms with Gasteiger partial charge in [0.15, 0.2) is 17.5 Å². The highest BCUT2D eigenvalue weighted by Gasteiger charge is 2.37. The summed E-state index contributed by atoms with van der Waals surface area (Å²) in [6.45, 7) is 2.57. The first-order chi connectivity index (χ1) is 19.5. The van der Waals surface area contributed by atoms with Gasteiger partial charge in [-0.3, -0.25) is 9.59 Å². The zero-order valence-corrected chi connectivity index (χ0v) is 22.9. The van der Waals surface area contributed by atoms with E-state index in [1.165, 1.54) is 19.4 Å². The Balaban J connectivity index is 1.79. The van der Waals surface area contributed by atoms with Crippen molar-refractivity contribution >= 4 is 17.8 Å². The Morgan fingerprint density at radius 2 is 1.88 bits per heavy atom. The molecule has 1 aromatic heterocycles. The number of cyclic esters (lactones) is 1. The molecule has 0 saturated carbocycles. The number of carbonyl (C=O) groups excluding carboxylic acids is 3. The van der Waals surface area contributed by atoms with Gasteiger partial charge < -0.3 is 29.0 Å². The fourth-order valence-corrected chi connectivity index (χ4v) is 4.31. The van der Waals surface area contributed by atoms with Gasteiger partial charge in [0.25, 0.3) is 5.91 Å². The van der Waals surface area contributed by atoms with Gasteiger partial charge in [0, 0.05) is 32.2 Å².